The van der Waals surface area contributed by atoms with E-state index in [1.54, 1.807) is 0 Å². The number of nitrogens with two attached hydrogens (primary N) is 1. The Morgan fingerprint density at radius 3 is 2.67 bits per heavy atom. The number of rotatable bonds is 2. The molecule has 2 heterocycles. The second-order valence-corrected chi connectivity index (χ2v) is 4.97. The summed E-state index contributed by atoms with van der Waals surface area (Å²) in [5, 5.41) is 1.15. The maximum atomic E-state index is 5.80. The number of aromatic nitrogens is 2. The van der Waals surface area contributed by atoms with Gasteiger partial charge in [0, 0.05) is 22.7 Å². The van der Waals surface area contributed by atoms with Crippen molar-refractivity contribution in [3.63, 3.8) is 0 Å². The van der Waals surface area contributed by atoms with E-state index in [0.29, 0.717) is 5.82 Å². The van der Waals surface area contributed by atoms with Crippen molar-refractivity contribution in [2.75, 3.05) is 5.73 Å². The van der Waals surface area contributed by atoms with E-state index in [4.69, 9.17) is 5.73 Å². The summed E-state index contributed by atoms with van der Waals surface area (Å²) >= 11 is 0. The van der Waals surface area contributed by atoms with Crippen LogP contribution >= 0.6 is 12.4 Å². The monoisotopic (exact) mass is 299 g/mol. The van der Waals surface area contributed by atoms with E-state index in [1.807, 2.05) is 24.4 Å². The van der Waals surface area contributed by atoms with Crippen LogP contribution in [-0.2, 0) is 6.42 Å². The molecule has 0 radical (unpaired) electrons. The van der Waals surface area contributed by atoms with Crippen LogP contribution in [0.2, 0.25) is 0 Å². The molecule has 0 spiro atoms. The Hall–Kier alpha value is -2.13. The van der Waals surface area contributed by atoms with Crippen LogP contribution in [0.3, 0.4) is 0 Å². The summed E-state index contributed by atoms with van der Waals surface area (Å²) in [6.45, 7) is 4.20. The first-order valence-corrected chi connectivity index (χ1v) is 6.80. The number of nitrogen functional groups attached to an aromatic ring is 1. The van der Waals surface area contributed by atoms with Crippen LogP contribution in [0.4, 0.5) is 5.82 Å². The van der Waals surface area contributed by atoms with Gasteiger partial charge < -0.3 is 5.73 Å². The summed E-state index contributed by atoms with van der Waals surface area (Å²) in [6.07, 6.45) is 2.68. The molecule has 0 aliphatic heterocycles. The van der Waals surface area contributed by atoms with Gasteiger partial charge in [0.05, 0.1) is 11.2 Å². The van der Waals surface area contributed by atoms with Crippen molar-refractivity contribution in [2.24, 2.45) is 0 Å². The first-order valence-electron chi connectivity index (χ1n) is 6.80. The number of hydrogen-bond donors (Lipinski definition) is 1. The maximum absolute atomic E-state index is 5.80. The SMILES string of the molecule is CCc1nc(N)ccc1-c1cc(C)cc2cccnc12.Cl. The number of anilines is 1. The van der Waals surface area contributed by atoms with Gasteiger partial charge in [-0.05, 0) is 49.2 Å². The van der Waals surface area contributed by atoms with Gasteiger partial charge in [-0.1, -0.05) is 13.0 Å². The number of nitrogens with zero attached hydrogens (tertiary/aromatic N) is 2. The van der Waals surface area contributed by atoms with Gasteiger partial charge in [0.1, 0.15) is 5.82 Å². The molecule has 0 saturated carbocycles. The highest BCUT2D eigenvalue weighted by molar-refractivity contribution is 5.94. The molecule has 108 valence electrons. The molecule has 3 nitrogen and oxygen atoms in total. The lowest BCUT2D eigenvalue weighted by Gasteiger charge is -2.11. The summed E-state index contributed by atoms with van der Waals surface area (Å²) in [4.78, 5) is 8.99. The van der Waals surface area contributed by atoms with E-state index in [2.05, 4.69) is 42.0 Å². The predicted octanol–water partition coefficient (Wildman–Crippen LogP) is 4.17. The fourth-order valence-electron chi connectivity index (χ4n) is 2.58. The molecule has 3 rings (SSSR count). The minimum atomic E-state index is 0. The Morgan fingerprint density at radius 2 is 1.90 bits per heavy atom. The van der Waals surface area contributed by atoms with Gasteiger partial charge in [-0.15, -0.1) is 12.4 Å². The van der Waals surface area contributed by atoms with Crippen LogP contribution in [0, 0.1) is 6.92 Å². The highest BCUT2D eigenvalue weighted by Gasteiger charge is 2.11. The van der Waals surface area contributed by atoms with Gasteiger partial charge in [-0.3, -0.25) is 4.98 Å². The highest BCUT2D eigenvalue weighted by atomic mass is 35.5. The third-order valence-corrected chi connectivity index (χ3v) is 3.47. The lowest BCUT2D eigenvalue weighted by atomic mass is 9.97. The molecule has 0 saturated heterocycles. The van der Waals surface area contributed by atoms with Crippen molar-refractivity contribution in [1.29, 1.82) is 0 Å². The van der Waals surface area contributed by atoms with Gasteiger partial charge in [0.15, 0.2) is 0 Å². The number of pyridine rings is 2. The van der Waals surface area contributed by atoms with Crippen molar-refractivity contribution in [3.05, 3.63) is 53.9 Å². The standard InChI is InChI=1S/C17H17N3.ClH/c1-3-15-13(6-7-16(18)20-15)14-10-11(2)9-12-5-4-8-19-17(12)14;/h4-10H,3H2,1-2H3,(H2,18,20);1H. The second-order valence-electron chi connectivity index (χ2n) is 4.97. The second kappa shape index (κ2) is 6.10. The minimum Gasteiger partial charge on any atom is -0.384 e. The number of aryl methyl sites for hydroxylation is 2. The fraction of sp³-hybridized carbons (Fsp3) is 0.176. The normalized spacial score (nSPS) is 10.4. The van der Waals surface area contributed by atoms with Crippen LogP contribution in [0.1, 0.15) is 18.2 Å². The molecule has 3 aromatic rings. The summed E-state index contributed by atoms with van der Waals surface area (Å²) in [5.74, 6) is 0.565. The van der Waals surface area contributed by atoms with Crippen LogP contribution in [0.5, 0.6) is 0 Å². The van der Waals surface area contributed by atoms with Gasteiger partial charge in [-0.2, -0.15) is 0 Å². The van der Waals surface area contributed by atoms with Gasteiger partial charge in [0.2, 0.25) is 0 Å². The van der Waals surface area contributed by atoms with Crippen molar-refractivity contribution < 1.29 is 0 Å². The number of benzene rings is 1. The Kier molecular flexibility index (Phi) is 4.43. The molecule has 0 bridgehead atoms. The molecule has 0 atom stereocenters. The zero-order chi connectivity index (χ0) is 14.1. The molecule has 0 amide bonds. The quantitative estimate of drug-likeness (QED) is 0.772. The van der Waals surface area contributed by atoms with Crippen LogP contribution in [0.25, 0.3) is 22.0 Å². The van der Waals surface area contributed by atoms with Gasteiger partial charge >= 0.3 is 0 Å². The van der Waals surface area contributed by atoms with Gasteiger partial charge in [-0.25, -0.2) is 4.98 Å². The zero-order valence-corrected chi connectivity index (χ0v) is 12.9. The average molecular weight is 300 g/mol. The molecule has 0 aliphatic carbocycles. The summed E-state index contributed by atoms with van der Waals surface area (Å²) in [7, 11) is 0. The van der Waals surface area contributed by atoms with E-state index < -0.39 is 0 Å². The van der Waals surface area contributed by atoms with Crippen molar-refractivity contribution in [3.8, 4) is 11.1 Å². The largest absolute Gasteiger partial charge is 0.384 e. The topological polar surface area (TPSA) is 51.8 Å². The number of halogens is 1. The number of fused-ring (bicyclic) bond motifs is 1. The molecular formula is C17H18ClN3. The third kappa shape index (κ3) is 2.83. The highest BCUT2D eigenvalue weighted by Crippen LogP contribution is 2.31. The first-order chi connectivity index (χ1) is 9.69. The van der Waals surface area contributed by atoms with Crippen molar-refractivity contribution in [2.45, 2.75) is 20.3 Å². The Labute approximate surface area is 130 Å². The van der Waals surface area contributed by atoms with Crippen LogP contribution in [-0.4, -0.2) is 9.97 Å². The van der Waals surface area contributed by atoms with Crippen LogP contribution < -0.4 is 5.73 Å². The van der Waals surface area contributed by atoms with Crippen LogP contribution in [0.15, 0.2) is 42.6 Å². The van der Waals surface area contributed by atoms with Crippen molar-refractivity contribution in [1.82, 2.24) is 9.97 Å². The zero-order valence-electron chi connectivity index (χ0n) is 12.1. The maximum Gasteiger partial charge on any atom is 0.123 e. The predicted molar refractivity (Wildman–Crippen MR) is 90.7 cm³/mol. The van der Waals surface area contributed by atoms with E-state index in [9.17, 15) is 0 Å². The third-order valence-electron chi connectivity index (χ3n) is 3.47. The molecule has 0 aliphatic rings. The summed E-state index contributed by atoms with van der Waals surface area (Å²) in [5.41, 5.74) is 11.3. The molecular weight excluding hydrogens is 282 g/mol. The molecule has 0 fully saturated rings. The Balaban J connectivity index is 0.00000161. The average Bonchev–Trinajstić information content (AvgIpc) is 2.46. The Morgan fingerprint density at radius 1 is 1.10 bits per heavy atom. The molecule has 2 N–H and O–H groups in total. The van der Waals surface area contributed by atoms with E-state index >= 15 is 0 Å². The summed E-state index contributed by atoms with van der Waals surface area (Å²) < 4.78 is 0. The van der Waals surface area contributed by atoms with Gasteiger partial charge in [0.25, 0.3) is 0 Å². The molecule has 2 aromatic heterocycles. The lowest BCUT2D eigenvalue weighted by Crippen LogP contribution is -1.98. The molecule has 21 heavy (non-hydrogen) atoms. The number of hydrogen-bond acceptors (Lipinski definition) is 3. The minimum absolute atomic E-state index is 0. The van der Waals surface area contributed by atoms with E-state index in [1.165, 1.54) is 5.56 Å². The van der Waals surface area contributed by atoms with E-state index in [-0.39, 0.29) is 12.4 Å². The molecule has 1 aromatic carbocycles. The van der Waals surface area contributed by atoms with E-state index in [0.717, 1.165) is 34.1 Å². The molecule has 0 unspecified atom stereocenters. The molecule has 4 heteroatoms. The Bertz CT molecular complexity index is 784. The lowest BCUT2D eigenvalue weighted by molar-refractivity contribution is 1.04. The summed E-state index contributed by atoms with van der Waals surface area (Å²) in [6, 6.07) is 12.3. The smallest absolute Gasteiger partial charge is 0.123 e. The first kappa shape index (κ1) is 15.3. The fourth-order valence-corrected chi connectivity index (χ4v) is 2.58. The van der Waals surface area contributed by atoms with Crippen molar-refractivity contribution >= 4 is 29.1 Å².